The van der Waals surface area contributed by atoms with Crippen molar-refractivity contribution >= 4 is 29.0 Å². The van der Waals surface area contributed by atoms with Gasteiger partial charge in [0.05, 0.1) is 15.7 Å². The number of anilines is 1. The minimum atomic E-state index is -2.94. The predicted octanol–water partition coefficient (Wildman–Crippen LogP) is 4.06. The number of halogens is 4. The first-order chi connectivity index (χ1) is 12.8. The molecule has 1 N–H and O–H groups in total. The maximum absolute atomic E-state index is 13.7. The van der Waals surface area contributed by atoms with Crippen LogP contribution in [0.15, 0.2) is 29.1 Å². The van der Waals surface area contributed by atoms with E-state index < -0.39 is 17.8 Å². The molecule has 1 aromatic heterocycles. The highest BCUT2D eigenvalue weighted by Crippen LogP contribution is 2.31. The third kappa shape index (κ3) is 3.95. The second-order valence-corrected chi connectivity index (χ2v) is 7.60. The van der Waals surface area contributed by atoms with Gasteiger partial charge in [0.2, 0.25) is 0 Å². The highest BCUT2D eigenvalue weighted by Gasteiger charge is 2.30. The van der Waals surface area contributed by atoms with Gasteiger partial charge >= 0.3 is 0 Å². The Balaban J connectivity index is 2.04. The fourth-order valence-electron chi connectivity index (χ4n) is 3.18. The van der Waals surface area contributed by atoms with Crippen LogP contribution in [0.5, 0.6) is 0 Å². The quantitative estimate of drug-likeness (QED) is 0.816. The number of piperidine rings is 1. The standard InChI is InChI=1S/C18H20Cl2F2N4O/c1-18(23-2)6-8-25(9-7-18)13-10-14(27)26(17(24-13)16(21)22)12-5-3-4-11(19)15(12)20/h3-5,10,16,23H,6-9H2,1-2H3. The lowest BCUT2D eigenvalue weighted by Crippen LogP contribution is -2.50. The Bertz CT molecular complexity index is 895. The van der Waals surface area contributed by atoms with Crippen LogP contribution in [0.2, 0.25) is 10.0 Å². The van der Waals surface area contributed by atoms with Crippen molar-refractivity contribution in [3.05, 3.63) is 50.5 Å². The zero-order chi connectivity index (χ0) is 19.8. The van der Waals surface area contributed by atoms with Crippen LogP contribution >= 0.6 is 23.2 Å². The largest absolute Gasteiger partial charge is 0.356 e. The van der Waals surface area contributed by atoms with Crippen molar-refractivity contribution in [2.45, 2.75) is 31.7 Å². The molecule has 3 rings (SSSR count). The molecule has 0 spiro atoms. The molecule has 0 radical (unpaired) electrons. The van der Waals surface area contributed by atoms with E-state index in [1.54, 1.807) is 6.07 Å². The normalized spacial score (nSPS) is 16.8. The summed E-state index contributed by atoms with van der Waals surface area (Å²) in [6.07, 6.45) is -1.31. The Morgan fingerprint density at radius 3 is 2.52 bits per heavy atom. The Kier molecular flexibility index (Phi) is 5.74. The predicted molar refractivity (Wildman–Crippen MR) is 104 cm³/mol. The first-order valence-electron chi connectivity index (χ1n) is 8.56. The Hall–Kier alpha value is -1.70. The molecule has 1 aliphatic rings. The molecule has 2 heterocycles. The lowest BCUT2D eigenvalue weighted by molar-refractivity contribution is 0.136. The number of benzene rings is 1. The summed E-state index contributed by atoms with van der Waals surface area (Å²) in [4.78, 5) is 18.7. The van der Waals surface area contributed by atoms with Crippen LogP contribution in [0.3, 0.4) is 0 Å². The van der Waals surface area contributed by atoms with E-state index in [2.05, 4.69) is 17.2 Å². The van der Waals surface area contributed by atoms with Gasteiger partial charge in [-0.1, -0.05) is 29.3 Å². The summed E-state index contributed by atoms with van der Waals surface area (Å²) in [5.74, 6) is -0.397. The van der Waals surface area contributed by atoms with Crippen molar-refractivity contribution in [2.75, 3.05) is 25.0 Å². The number of hydrogen-bond acceptors (Lipinski definition) is 4. The van der Waals surface area contributed by atoms with E-state index in [0.29, 0.717) is 13.1 Å². The zero-order valence-corrected chi connectivity index (χ0v) is 16.5. The number of hydrogen-bond donors (Lipinski definition) is 1. The van der Waals surface area contributed by atoms with Gasteiger partial charge in [0, 0.05) is 24.7 Å². The minimum Gasteiger partial charge on any atom is -0.356 e. The van der Waals surface area contributed by atoms with Crippen LogP contribution < -0.4 is 15.8 Å². The minimum absolute atomic E-state index is 0.00859. The molecule has 1 aliphatic heterocycles. The first-order valence-corrected chi connectivity index (χ1v) is 9.32. The monoisotopic (exact) mass is 416 g/mol. The lowest BCUT2D eigenvalue weighted by Gasteiger charge is -2.39. The van der Waals surface area contributed by atoms with E-state index in [-0.39, 0.29) is 27.1 Å². The molecule has 1 saturated heterocycles. The molecular formula is C18H20Cl2F2N4O. The molecule has 1 fully saturated rings. The van der Waals surface area contributed by atoms with Crippen molar-refractivity contribution in [3.63, 3.8) is 0 Å². The van der Waals surface area contributed by atoms with Gasteiger partial charge in [-0.15, -0.1) is 0 Å². The van der Waals surface area contributed by atoms with Crippen LogP contribution in [0.4, 0.5) is 14.6 Å². The number of nitrogens with one attached hydrogen (secondary N) is 1. The second-order valence-electron chi connectivity index (χ2n) is 6.82. The first kappa shape index (κ1) is 20.0. The molecule has 0 bridgehead atoms. The Morgan fingerprint density at radius 2 is 1.93 bits per heavy atom. The van der Waals surface area contributed by atoms with E-state index in [0.717, 1.165) is 17.4 Å². The molecule has 0 amide bonds. The fraction of sp³-hybridized carbons (Fsp3) is 0.444. The maximum atomic E-state index is 13.7. The van der Waals surface area contributed by atoms with Crippen molar-refractivity contribution < 1.29 is 8.78 Å². The van der Waals surface area contributed by atoms with Gasteiger partial charge in [-0.05, 0) is 38.9 Å². The summed E-state index contributed by atoms with van der Waals surface area (Å²) in [6.45, 7) is 3.35. The number of aromatic nitrogens is 2. The van der Waals surface area contributed by atoms with Crippen molar-refractivity contribution in [1.29, 1.82) is 0 Å². The zero-order valence-electron chi connectivity index (χ0n) is 15.0. The van der Waals surface area contributed by atoms with Crippen LogP contribution in [0.1, 0.15) is 32.0 Å². The maximum Gasteiger partial charge on any atom is 0.296 e. The molecular weight excluding hydrogens is 397 g/mol. The third-order valence-corrected chi connectivity index (χ3v) is 5.90. The van der Waals surface area contributed by atoms with Gasteiger partial charge in [-0.2, -0.15) is 0 Å². The van der Waals surface area contributed by atoms with Gasteiger partial charge in [0.1, 0.15) is 5.82 Å². The average molecular weight is 417 g/mol. The fourth-order valence-corrected chi connectivity index (χ4v) is 3.56. The summed E-state index contributed by atoms with van der Waals surface area (Å²) in [5.41, 5.74) is -0.544. The van der Waals surface area contributed by atoms with Crippen molar-refractivity contribution in [1.82, 2.24) is 14.9 Å². The van der Waals surface area contributed by atoms with E-state index >= 15 is 0 Å². The Morgan fingerprint density at radius 1 is 1.26 bits per heavy atom. The molecule has 0 unspecified atom stereocenters. The molecule has 27 heavy (non-hydrogen) atoms. The molecule has 146 valence electrons. The molecule has 0 aliphatic carbocycles. The molecule has 2 aromatic rings. The van der Waals surface area contributed by atoms with Crippen molar-refractivity contribution in [2.24, 2.45) is 0 Å². The van der Waals surface area contributed by atoms with Gasteiger partial charge in [-0.3, -0.25) is 9.36 Å². The summed E-state index contributed by atoms with van der Waals surface area (Å²) in [6, 6.07) is 5.80. The number of alkyl halides is 2. The molecule has 5 nitrogen and oxygen atoms in total. The summed E-state index contributed by atoms with van der Waals surface area (Å²) in [7, 11) is 1.90. The molecule has 9 heteroatoms. The van der Waals surface area contributed by atoms with Gasteiger partial charge in [-0.25, -0.2) is 13.8 Å². The average Bonchev–Trinajstić information content (AvgIpc) is 2.64. The second kappa shape index (κ2) is 7.73. The van der Waals surface area contributed by atoms with Crippen molar-refractivity contribution in [3.8, 4) is 5.69 Å². The van der Waals surface area contributed by atoms with Crippen LogP contribution in [0.25, 0.3) is 5.69 Å². The number of nitrogens with zero attached hydrogens (tertiary/aromatic N) is 3. The van der Waals surface area contributed by atoms with Crippen LogP contribution in [0, 0.1) is 0 Å². The lowest BCUT2D eigenvalue weighted by atomic mass is 9.90. The molecule has 0 atom stereocenters. The van der Waals surface area contributed by atoms with E-state index in [9.17, 15) is 13.6 Å². The van der Waals surface area contributed by atoms with E-state index in [4.69, 9.17) is 23.2 Å². The Labute approximate surface area is 165 Å². The third-order valence-electron chi connectivity index (χ3n) is 5.09. The summed E-state index contributed by atoms with van der Waals surface area (Å²) < 4.78 is 28.3. The molecule has 0 saturated carbocycles. The highest BCUT2D eigenvalue weighted by atomic mass is 35.5. The topological polar surface area (TPSA) is 50.2 Å². The van der Waals surface area contributed by atoms with E-state index in [1.807, 2.05) is 11.9 Å². The van der Waals surface area contributed by atoms with Gasteiger partial charge < -0.3 is 10.2 Å². The highest BCUT2D eigenvalue weighted by molar-refractivity contribution is 6.43. The molecule has 1 aromatic carbocycles. The van der Waals surface area contributed by atoms with Gasteiger partial charge in [0.25, 0.3) is 12.0 Å². The SMILES string of the molecule is CNC1(C)CCN(c2cc(=O)n(-c3cccc(Cl)c3Cl)c(C(F)F)n2)CC1. The summed E-state index contributed by atoms with van der Waals surface area (Å²) >= 11 is 12.1. The number of rotatable bonds is 4. The van der Waals surface area contributed by atoms with E-state index in [1.165, 1.54) is 18.2 Å². The van der Waals surface area contributed by atoms with Crippen LogP contribution in [-0.2, 0) is 0 Å². The smallest absolute Gasteiger partial charge is 0.296 e. The summed E-state index contributed by atoms with van der Waals surface area (Å²) in [5, 5.41) is 3.48. The van der Waals surface area contributed by atoms with Crippen LogP contribution in [-0.4, -0.2) is 35.2 Å². The van der Waals surface area contributed by atoms with Gasteiger partial charge in [0.15, 0.2) is 5.82 Å².